The summed E-state index contributed by atoms with van der Waals surface area (Å²) in [4.78, 5) is 28.2. The lowest BCUT2D eigenvalue weighted by atomic mass is 10.2. The first-order valence-corrected chi connectivity index (χ1v) is 7.86. The number of amides is 1. The van der Waals surface area contributed by atoms with Crippen molar-refractivity contribution in [1.82, 2.24) is 10.3 Å². The Morgan fingerprint density at radius 2 is 2.19 bits per heavy atom. The number of carbonyl (C=O) groups excluding carboxylic acids is 1. The van der Waals surface area contributed by atoms with Gasteiger partial charge in [-0.25, -0.2) is 9.78 Å². The van der Waals surface area contributed by atoms with Gasteiger partial charge in [-0.1, -0.05) is 0 Å². The molecule has 110 valence electrons. The van der Waals surface area contributed by atoms with Gasteiger partial charge >= 0.3 is 5.97 Å². The minimum Gasteiger partial charge on any atom is -0.478 e. The van der Waals surface area contributed by atoms with E-state index in [1.165, 1.54) is 28.7 Å². The van der Waals surface area contributed by atoms with Crippen LogP contribution >= 0.6 is 22.7 Å². The predicted molar refractivity (Wildman–Crippen MR) is 83.7 cm³/mol. The third-order valence-electron chi connectivity index (χ3n) is 2.62. The highest BCUT2D eigenvalue weighted by molar-refractivity contribution is 7.15. The fourth-order valence-corrected chi connectivity index (χ4v) is 3.35. The average Bonchev–Trinajstić information content (AvgIpc) is 3.00. The number of aliphatic carboxylic acids is 1. The van der Waals surface area contributed by atoms with Crippen LogP contribution in [0.25, 0.3) is 6.08 Å². The molecule has 7 heteroatoms. The van der Waals surface area contributed by atoms with E-state index in [4.69, 9.17) is 5.11 Å². The van der Waals surface area contributed by atoms with Gasteiger partial charge in [-0.15, -0.1) is 22.7 Å². The average molecular weight is 322 g/mol. The van der Waals surface area contributed by atoms with Crippen molar-refractivity contribution in [2.75, 3.05) is 0 Å². The normalized spacial score (nSPS) is 11.0. The van der Waals surface area contributed by atoms with Gasteiger partial charge in [0.2, 0.25) is 0 Å². The van der Waals surface area contributed by atoms with Crippen LogP contribution in [0.4, 0.5) is 0 Å². The molecule has 0 aliphatic rings. The molecular formula is C14H14N2O3S2. The predicted octanol–water partition coefficient (Wildman–Crippen LogP) is 2.85. The molecule has 2 heterocycles. The van der Waals surface area contributed by atoms with E-state index < -0.39 is 5.97 Å². The van der Waals surface area contributed by atoms with Crippen LogP contribution in [0.2, 0.25) is 0 Å². The number of nitrogens with one attached hydrogen (secondary N) is 1. The first-order chi connectivity index (χ1) is 9.95. The van der Waals surface area contributed by atoms with E-state index in [1.807, 2.05) is 19.2 Å². The Morgan fingerprint density at radius 1 is 1.43 bits per heavy atom. The van der Waals surface area contributed by atoms with Crippen LogP contribution < -0.4 is 5.32 Å². The van der Waals surface area contributed by atoms with E-state index in [1.54, 1.807) is 6.07 Å². The number of nitrogens with zero attached hydrogens (tertiary/aromatic N) is 1. The Kier molecular flexibility index (Phi) is 4.87. The van der Waals surface area contributed by atoms with E-state index in [0.29, 0.717) is 11.4 Å². The zero-order valence-corrected chi connectivity index (χ0v) is 13.2. The monoisotopic (exact) mass is 322 g/mol. The fraction of sp³-hybridized carbons (Fsp3) is 0.214. The Balaban J connectivity index is 2.02. The molecule has 1 amide bonds. The molecule has 21 heavy (non-hydrogen) atoms. The Labute approximate surface area is 130 Å². The van der Waals surface area contributed by atoms with E-state index in [9.17, 15) is 9.59 Å². The molecule has 0 fully saturated rings. The summed E-state index contributed by atoms with van der Waals surface area (Å²) in [7, 11) is 0. The van der Waals surface area contributed by atoms with Gasteiger partial charge in [0, 0.05) is 22.0 Å². The second-order valence-corrected chi connectivity index (χ2v) is 6.42. The van der Waals surface area contributed by atoms with Gasteiger partial charge in [0.05, 0.1) is 11.4 Å². The van der Waals surface area contributed by atoms with Gasteiger partial charge in [0.1, 0.15) is 5.01 Å². The molecule has 2 aromatic heterocycles. The van der Waals surface area contributed by atoms with Crippen molar-refractivity contribution in [1.29, 1.82) is 0 Å². The minimum atomic E-state index is -1.01. The van der Waals surface area contributed by atoms with Crippen LogP contribution in [-0.2, 0) is 11.3 Å². The summed E-state index contributed by atoms with van der Waals surface area (Å²) in [6, 6.07) is 1.76. The van der Waals surface area contributed by atoms with Crippen molar-refractivity contribution in [2.24, 2.45) is 0 Å². The number of carboxylic acid groups (broad SMARTS) is 1. The quantitative estimate of drug-likeness (QED) is 0.830. The van der Waals surface area contributed by atoms with Crippen LogP contribution in [0.3, 0.4) is 0 Å². The summed E-state index contributed by atoms with van der Waals surface area (Å²) in [5.41, 5.74) is 1.82. The van der Waals surface area contributed by atoms with Crippen LogP contribution in [0.15, 0.2) is 17.5 Å². The molecule has 0 radical (unpaired) electrons. The molecule has 2 rings (SSSR count). The van der Waals surface area contributed by atoms with Crippen molar-refractivity contribution in [3.05, 3.63) is 43.5 Å². The first kappa shape index (κ1) is 15.4. The van der Waals surface area contributed by atoms with E-state index in [2.05, 4.69) is 10.3 Å². The second-order valence-electron chi connectivity index (χ2n) is 4.39. The molecule has 0 bridgehead atoms. The number of thiazole rings is 1. The Bertz CT molecular complexity index is 701. The molecule has 0 unspecified atom stereocenters. The molecule has 0 spiro atoms. The van der Waals surface area contributed by atoms with E-state index >= 15 is 0 Å². The SMILES string of the molecule is Cc1csc(CNC(=O)c2cc(C)c(/C=C/C(=O)O)s2)n1. The number of hydrogen-bond acceptors (Lipinski definition) is 5. The summed E-state index contributed by atoms with van der Waals surface area (Å²) in [6.07, 6.45) is 2.57. The van der Waals surface area contributed by atoms with Crippen molar-refractivity contribution in [2.45, 2.75) is 20.4 Å². The topological polar surface area (TPSA) is 79.3 Å². The number of hydrogen-bond donors (Lipinski definition) is 2. The van der Waals surface area contributed by atoms with Crippen LogP contribution in [0.5, 0.6) is 0 Å². The highest BCUT2D eigenvalue weighted by Crippen LogP contribution is 2.23. The highest BCUT2D eigenvalue weighted by Gasteiger charge is 2.11. The lowest BCUT2D eigenvalue weighted by Gasteiger charge is -1.99. The molecule has 2 N–H and O–H groups in total. The Hall–Kier alpha value is -1.99. The third kappa shape index (κ3) is 4.24. The van der Waals surface area contributed by atoms with Crippen molar-refractivity contribution < 1.29 is 14.7 Å². The van der Waals surface area contributed by atoms with Gasteiger partial charge in [-0.2, -0.15) is 0 Å². The summed E-state index contributed by atoms with van der Waals surface area (Å²) < 4.78 is 0. The van der Waals surface area contributed by atoms with Gasteiger partial charge in [-0.05, 0) is 31.6 Å². The lowest BCUT2D eigenvalue weighted by molar-refractivity contribution is -0.131. The number of aryl methyl sites for hydroxylation is 2. The summed E-state index contributed by atoms with van der Waals surface area (Å²) >= 11 is 2.78. The van der Waals surface area contributed by atoms with Gasteiger partial charge in [0.25, 0.3) is 5.91 Å². The molecule has 0 aliphatic carbocycles. The highest BCUT2D eigenvalue weighted by atomic mass is 32.1. The zero-order chi connectivity index (χ0) is 15.4. The third-order valence-corrected chi connectivity index (χ3v) is 4.79. The first-order valence-electron chi connectivity index (χ1n) is 6.16. The molecule has 0 saturated heterocycles. The molecule has 0 saturated carbocycles. The van der Waals surface area contributed by atoms with Crippen molar-refractivity contribution in [3.8, 4) is 0 Å². The van der Waals surface area contributed by atoms with Crippen LogP contribution in [0, 0.1) is 13.8 Å². The molecular weight excluding hydrogens is 308 g/mol. The number of carbonyl (C=O) groups is 2. The van der Waals surface area contributed by atoms with Crippen molar-refractivity contribution in [3.63, 3.8) is 0 Å². The molecule has 0 aliphatic heterocycles. The number of carboxylic acids is 1. The van der Waals surface area contributed by atoms with E-state index in [-0.39, 0.29) is 5.91 Å². The van der Waals surface area contributed by atoms with Crippen LogP contribution in [-0.4, -0.2) is 22.0 Å². The van der Waals surface area contributed by atoms with Crippen molar-refractivity contribution >= 4 is 40.6 Å². The maximum Gasteiger partial charge on any atom is 0.328 e. The van der Waals surface area contributed by atoms with E-state index in [0.717, 1.165) is 27.2 Å². The second kappa shape index (κ2) is 6.64. The lowest BCUT2D eigenvalue weighted by Crippen LogP contribution is -2.21. The maximum absolute atomic E-state index is 12.1. The zero-order valence-electron chi connectivity index (χ0n) is 11.5. The molecule has 0 atom stereocenters. The Morgan fingerprint density at radius 3 is 2.81 bits per heavy atom. The standard InChI is InChI=1S/C14H14N2O3S2/c1-8-5-11(21-10(8)3-4-13(17)18)14(19)15-6-12-16-9(2)7-20-12/h3-5,7H,6H2,1-2H3,(H,15,19)(H,17,18)/b4-3+. The van der Waals surface area contributed by atoms with Gasteiger partial charge in [0.15, 0.2) is 0 Å². The summed E-state index contributed by atoms with van der Waals surface area (Å²) in [5, 5.41) is 14.2. The smallest absolute Gasteiger partial charge is 0.328 e. The summed E-state index contributed by atoms with van der Waals surface area (Å²) in [5.74, 6) is -1.18. The number of rotatable bonds is 5. The summed E-state index contributed by atoms with van der Waals surface area (Å²) in [6.45, 7) is 4.15. The molecule has 5 nitrogen and oxygen atoms in total. The maximum atomic E-state index is 12.1. The van der Waals surface area contributed by atoms with Gasteiger partial charge in [-0.3, -0.25) is 4.79 Å². The number of thiophene rings is 1. The van der Waals surface area contributed by atoms with Crippen LogP contribution in [0.1, 0.15) is 30.8 Å². The largest absolute Gasteiger partial charge is 0.478 e. The molecule has 0 aromatic carbocycles. The fourth-order valence-electron chi connectivity index (χ4n) is 1.65. The van der Waals surface area contributed by atoms with Gasteiger partial charge < -0.3 is 10.4 Å². The number of aromatic nitrogens is 1. The minimum absolute atomic E-state index is 0.175. The molecule has 2 aromatic rings.